The Kier molecular flexibility index (Phi) is 5.31. The molecule has 1 aliphatic heterocycles. The molecule has 3 aromatic rings. The predicted molar refractivity (Wildman–Crippen MR) is 111 cm³/mol. The molecule has 4 rings (SSSR count). The normalized spacial score (nSPS) is 14.6. The van der Waals surface area contributed by atoms with Crippen LogP contribution in [0.5, 0.6) is 5.75 Å². The Balaban J connectivity index is 1.44. The molecule has 136 valence electrons. The fourth-order valence-electron chi connectivity index (χ4n) is 3.53. The average molecular weight is 356 g/mol. The van der Waals surface area contributed by atoms with Gasteiger partial charge in [0.25, 0.3) is 0 Å². The van der Waals surface area contributed by atoms with Gasteiger partial charge in [-0.2, -0.15) is 0 Å². The topological polar surface area (TPSA) is 25.4 Å². The highest BCUT2D eigenvalue weighted by molar-refractivity contribution is 5.66. The van der Waals surface area contributed by atoms with E-state index in [2.05, 4.69) is 70.6 Å². The van der Waals surface area contributed by atoms with Crippen LogP contribution in [0.2, 0.25) is 0 Å². The van der Waals surface area contributed by atoms with Crippen molar-refractivity contribution >= 4 is 5.57 Å². The zero-order valence-corrected chi connectivity index (χ0v) is 15.6. The van der Waals surface area contributed by atoms with Crippen molar-refractivity contribution in [3.8, 4) is 16.9 Å². The van der Waals surface area contributed by atoms with E-state index in [1.165, 1.54) is 22.3 Å². The smallest absolute Gasteiger partial charge is 0.118 e. The van der Waals surface area contributed by atoms with Gasteiger partial charge in [0, 0.05) is 25.8 Å². The Morgan fingerprint density at radius 2 is 1.74 bits per heavy atom. The lowest BCUT2D eigenvalue weighted by atomic mass is 9.99. The van der Waals surface area contributed by atoms with Gasteiger partial charge in [-0.15, -0.1) is 0 Å². The highest BCUT2D eigenvalue weighted by Gasteiger charge is 2.14. The molecule has 3 heteroatoms. The Morgan fingerprint density at radius 3 is 2.44 bits per heavy atom. The van der Waals surface area contributed by atoms with Crippen LogP contribution in [-0.2, 0) is 6.54 Å². The summed E-state index contributed by atoms with van der Waals surface area (Å²) in [6.45, 7) is 2.91. The lowest BCUT2D eigenvalue weighted by molar-refractivity contribution is 0.290. The molecule has 0 aliphatic carbocycles. The molecule has 0 fully saturated rings. The first-order chi connectivity index (χ1) is 13.3. The molecule has 0 atom stereocenters. The maximum Gasteiger partial charge on any atom is 0.118 e. The molecule has 3 nitrogen and oxygen atoms in total. The molecule has 0 unspecified atom stereocenters. The predicted octanol–water partition coefficient (Wildman–Crippen LogP) is 5.05. The first-order valence-electron chi connectivity index (χ1n) is 9.38. The van der Waals surface area contributed by atoms with Crippen molar-refractivity contribution < 1.29 is 4.74 Å². The summed E-state index contributed by atoms with van der Waals surface area (Å²) in [7, 11) is 1.69. The number of aromatic nitrogens is 1. The summed E-state index contributed by atoms with van der Waals surface area (Å²) in [6, 6.07) is 23.1. The molecule has 1 aromatic heterocycles. The van der Waals surface area contributed by atoms with Crippen molar-refractivity contribution in [3.63, 3.8) is 0 Å². The van der Waals surface area contributed by atoms with Crippen LogP contribution in [0.3, 0.4) is 0 Å². The molecule has 0 N–H and O–H groups in total. The van der Waals surface area contributed by atoms with Crippen molar-refractivity contribution in [3.05, 3.63) is 90.3 Å². The molecule has 0 amide bonds. The second-order valence-corrected chi connectivity index (χ2v) is 6.84. The van der Waals surface area contributed by atoms with Crippen LogP contribution in [0.1, 0.15) is 17.7 Å². The average Bonchev–Trinajstić information content (AvgIpc) is 2.75. The second-order valence-electron chi connectivity index (χ2n) is 6.84. The van der Waals surface area contributed by atoms with Gasteiger partial charge in [0.05, 0.1) is 12.8 Å². The third-order valence-corrected chi connectivity index (χ3v) is 5.06. The monoisotopic (exact) mass is 356 g/mol. The molecule has 1 aliphatic rings. The summed E-state index contributed by atoms with van der Waals surface area (Å²) in [5.41, 5.74) is 6.29. The largest absolute Gasteiger partial charge is 0.497 e. The summed E-state index contributed by atoms with van der Waals surface area (Å²) in [5.74, 6) is 0.877. The number of methoxy groups -OCH3 is 1. The van der Waals surface area contributed by atoms with E-state index in [1.54, 1.807) is 7.11 Å². The zero-order chi connectivity index (χ0) is 18.5. The van der Waals surface area contributed by atoms with Crippen molar-refractivity contribution in [2.45, 2.75) is 13.0 Å². The van der Waals surface area contributed by atoms with Gasteiger partial charge in [0.1, 0.15) is 5.75 Å². The van der Waals surface area contributed by atoms with E-state index in [-0.39, 0.29) is 0 Å². The van der Waals surface area contributed by atoms with Gasteiger partial charge < -0.3 is 4.74 Å². The molecule has 2 aromatic carbocycles. The quantitative estimate of drug-likeness (QED) is 0.640. The molecule has 2 heterocycles. The highest BCUT2D eigenvalue weighted by atomic mass is 16.5. The van der Waals surface area contributed by atoms with Crippen LogP contribution in [0.25, 0.3) is 16.7 Å². The first kappa shape index (κ1) is 17.5. The van der Waals surface area contributed by atoms with Crippen LogP contribution in [0.4, 0.5) is 0 Å². The number of pyridine rings is 1. The Morgan fingerprint density at radius 1 is 0.926 bits per heavy atom. The number of nitrogens with zero attached hydrogens (tertiary/aromatic N) is 2. The standard InChI is InChI=1S/C24H24N2O/c1-27-24-9-7-20(8-10-24)22-11-14-25-23(17-22)18-26-15-12-21(13-16-26)19-5-3-2-4-6-19/h2-12,14,17H,13,15-16,18H2,1H3. The number of rotatable bonds is 5. The van der Waals surface area contributed by atoms with E-state index in [4.69, 9.17) is 4.74 Å². The van der Waals surface area contributed by atoms with E-state index in [0.29, 0.717) is 0 Å². The summed E-state index contributed by atoms with van der Waals surface area (Å²) >= 11 is 0. The molecular formula is C24H24N2O. The molecule has 27 heavy (non-hydrogen) atoms. The molecule has 0 saturated heterocycles. The second kappa shape index (κ2) is 8.19. The van der Waals surface area contributed by atoms with E-state index in [9.17, 15) is 0 Å². The van der Waals surface area contributed by atoms with Gasteiger partial charge in [0.2, 0.25) is 0 Å². The zero-order valence-electron chi connectivity index (χ0n) is 15.6. The fraction of sp³-hybridized carbons (Fsp3) is 0.208. The lowest BCUT2D eigenvalue weighted by Crippen LogP contribution is -2.28. The van der Waals surface area contributed by atoms with E-state index >= 15 is 0 Å². The maximum absolute atomic E-state index is 5.25. The number of ether oxygens (including phenoxy) is 1. The van der Waals surface area contributed by atoms with Crippen molar-refractivity contribution in [1.29, 1.82) is 0 Å². The first-order valence-corrected chi connectivity index (χ1v) is 9.38. The molecular weight excluding hydrogens is 332 g/mol. The van der Waals surface area contributed by atoms with Gasteiger partial charge in [-0.1, -0.05) is 48.5 Å². The van der Waals surface area contributed by atoms with Crippen LogP contribution in [0, 0.1) is 0 Å². The maximum atomic E-state index is 5.25. The minimum atomic E-state index is 0.877. The van der Waals surface area contributed by atoms with Crippen molar-refractivity contribution in [2.75, 3.05) is 20.2 Å². The van der Waals surface area contributed by atoms with Gasteiger partial charge in [-0.25, -0.2) is 0 Å². The fourth-order valence-corrected chi connectivity index (χ4v) is 3.53. The Bertz CT molecular complexity index is 917. The van der Waals surface area contributed by atoms with Gasteiger partial charge >= 0.3 is 0 Å². The van der Waals surface area contributed by atoms with Crippen LogP contribution in [-0.4, -0.2) is 30.1 Å². The molecule has 0 radical (unpaired) electrons. The third kappa shape index (κ3) is 4.26. The molecule has 0 saturated carbocycles. The minimum Gasteiger partial charge on any atom is -0.497 e. The summed E-state index contributed by atoms with van der Waals surface area (Å²) in [5, 5.41) is 0. The minimum absolute atomic E-state index is 0.877. The summed E-state index contributed by atoms with van der Waals surface area (Å²) < 4.78 is 5.25. The molecule has 0 bridgehead atoms. The van der Waals surface area contributed by atoms with Crippen molar-refractivity contribution in [2.24, 2.45) is 0 Å². The lowest BCUT2D eigenvalue weighted by Gasteiger charge is -2.26. The number of hydrogen-bond acceptors (Lipinski definition) is 3. The van der Waals surface area contributed by atoms with Crippen LogP contribution >= 0.6 is 0 Å². The Hall–Kier alpha value is -2.91. The molecule has 0 spiro atoms. The van der Waals surface area contributed by atoms with E-state index in [0.717, 1.165) is 37.5 Å². The number of hydrogen-bond donors (Lipinski definition) is 0. The summed E-state index contributed by atoms with van der Waals surface area (Å²) in [6.07, 6.45) is 5.35. The highest BCUT2D eigenvalue weighted by Crippen LogP contribution is 2.25. The van der Waals surface area contributed by atoms with Crippen LogP contribution in [0.15, 0.2) is 79.0 Å². The SMILES string of the molecule is COc1ccc(-c2ccnc(CN3CC=C(c4ccccc4)CC3)c2)cc1. The summed E-state index contributed by atoms with van der Waals surface area (Å²) in [4.78, 5) is 7.03. The third-order valence-electron chi connectivity index (χ3n) is 5.06. The number of benzene rings is 2. The van der Waals surface area contributed by atoms with Gasteiger partial charge in [-0.3, -0.25) is 9.88 Å². The van der Waals surface area contributed by atoms with Gasteiger partial charge in [-0.05, 0) is 52.9 Å². The van der Waals surface area contributed by atoms with E-state index in [1.807, 2.05) is 18.3 Å². The Labute approximate surface area is 160 Å². The van der Waals surface area contributed by atoms with E-state index < -0.39 is 0 Å². The van der Waals surface area contributed by atoms with Gasteiger partial charge in [0.15, 0.2) is 0 Å². The van der Waals surface area contributed by atoms with Crippen molar-refractivity contribution in [1.82, 2.24) is 9.88 Å². The van der Waals surface area contributed by atoms with Crippen LogP contribution < -0.4 is 4.74 Å².